The molecule has 0 heterocycles. The second kappa shape index (κ2) is 5.28. The van der Waals surface area contributed by atoms with Gasteiger partial charge in [0.05, 0.1) is 27.9 Å². The van der Waals surface area contributed by atoms with Crippen molar-refractivity contribution in [2.24, 2.45) is 0 Å². The molecule has 106 valence electrons. The van der Waals surface area contributed by atoms with E-state index in [0.29, 0.717) is 0 Å². The van der Waals surface area contributed by atoms with Crippen molar-refractivity contribution >= 4 is 26.9 Å². The van der Waals surface area contributed by atoms with Crippen LogP contribution in [-0.4, -0.2) is 20.7 Å². The van der Waals surface area contributed by atoms with Gasteiger partial charge in [-0.25, -0.2) is 8.93 Å². The van der Waals surface area contributed by atoms with Gasteiger partial charge in [-0.05, 0) is 56.9 Å². The molecule has 0 aliphatic heterocycles. The lowest BCUT2D eigenvalue weighted by atomic mass is 9.94. The summed E-state index contributed by atoms with van der Waals surface area (Å²) < 4.78 is 16.2. The first-order chi connectivity index (χ1) is 8.78. The topological polar surface area (TPSA) is 49.3 Å². The van der Waals surface area contributed by atoms with E-state index in [4.69, 9.17) is 0 Å². The van der Waals surface area contributed by atoms with Crippen molar-refractivity contribution in [2.75, 3.05) is 6.61 Å². The van der Waals surface area contributed by atoms with Crippen LogP contribution in [0.1, 0.15) is 38.3 Å². The number of aryl methyl sites for hydroxylation is 1. The van der Waals surface area contributed by atoms with E-state index in [-0.39, 0.29) is 11.4 Å². The molecule has 1 aliphatic carbocycles. The Morgan fingerprint density at radius 2 is 2.16 bits per heavy atom. The normalized spacial score (nSPS) is 24.3. The van der Waals surface area contributed by atoms with Gasteiger partial charge in [0.2, 0.25) is 0 Å². The molecule has 0 unspecified atom stereocenters. The number of nitrogens with one attached hydrogen (secondary N) is 1. The fraction of sp³-hybridized carbons (Fsp3) is 0.571. The maximum atomic E-state index is 12.3. The number of fused-ring (bicyclic) bond motifs is 1. The number of hydrogen-bond donors (Lipinski definition) is 2. The number of halogens is 1. The van der Waals surface area contributed by atoms with Gasteiger partial charge in [0, 0.05) is 4.47 Å². The molecule has 0 saturated carbocycles. The summed E-state index contributed by atoms with van der Waals surface area (Å²) in [6.07, 6.45) is 1.67. The van der Waals surface area contributed by atoms with Crippen LogP contribution in [0.4, 0.5) is 0 Å². The first-order valence-electron chi connectivity index (χ1n) is 6.38. The van der Waals surface area contributed by atoms with Gasteiger partial charge >= 0.3 is 0 Å². The molecule has 1 aliphatic rings. The van der Waals surface area contributed by atoms with Gasteiger partial charge in [0.1, 0.15) is 0 Å². The van der Waals surface area contributed by atoms with Gasteiger partial charge < -0.3 is 5.11 Å². The predicted molar refractivity (Wildman–Crippen MR) is 82.3 cm³/mol. The monoisotopic (exact) mass is 345 g/mol. The fourth-order valence-corrected chi connectivity index (χ4v) is 3.70. The van der Waals surface area contributed by atoms with E-state index in [2.05, 4.69) is 26.7 Å². The van der Waals surface area contributed by atoms with Gasteiger partial charge in [-0.1, -0.05) is 22.0 Å². The molecule has 0 fully saturated rings. The Labute approximate surface area is 125 Å². The van der Waals surface area contributed by atoms with Gasteiger partial charge in [-0.15, -0.1) is 0 Å². The first kappa shape index (κ1) is 15.2. The first-order valence-corrected chi connectivity index (χ1v) is 8.32. The Balaban J connectivity index is 2.35. The van der Waals surface area contributed by atoms with Gasteiger partial charge in [-0.2, -0.15) is 0 Å². The zero-order chi connectivity index (χ0) is 14.3. The fourth-order valence-electron chi connectivity index (χ4n) is 2.35. The number of hydrogen-bond acceptors (Lipinski definition) is 2. The molecule has 2 N–H and O–H groups in total. The molecule has 0 spiro atoms. The molecule has 2 rings (SSSR count). The minimum atomic E-state index is -1.20. The molecule has 1 aromatic carbocycles. The SMILES string of the molecule is CC(C)(C)[S@@](=O)N[C@]1(CO)CCc2cc(Br)ccc21. The number of aliphatic hydroxyl groups excluding tert-OH is 1. The zero-order valence-electron chi connectivity index (χ0n) is 11.5. The van der Waals surface area contributed by atoms with Crippen molar-refractivity contribution < 1.29 is 9.32 Å². The average Bonchev–Trinajstić information content (AvgIpc) is 2.67. The number of aliphatic hydroxyl groups is 1. The Morgan fingerprint density at radius 1 is 1.47 bits per heavy atom. The highest BCUT2D eigenvalue weighted by molar-refractivity contribution is 9.10. The summed E-state index contributed by atoms with van der Waals surface area (Å²) in [6.45, 7) is 5.75. The Kier molecular flexibility index (Phi) is 4.21. The van der Waals surface area contributed by atoms with E-state index in [1.54, 1.807) is 0 Å². The maximum absolute atomic E-state index is 12.3. The summed E-state index contributed by atoms with van der Waals surface area (Å²) in [5, 5.41) is 9.84. The highest BCUT2D eigenvalue weighted by Crippen LogP contribution is 2.38. The molecular weight excluding hydrogens is 326 g/mol. The van der Waals surface area contributed by atoms with E-state index >= 15 is 0 Å². The predicted octanol–water partition coefficient (Wildman–Crippen LogP) is 2.63. The molecule has 0 saturated heterocycles. The van der Waals surface area contributed by atoms with Crippen LogP contribution >= 0.6 is 15.9 Å². The molecule has 0 aromatic heterocycles. The summed E-state index contributed by atoms with van der Waals surface area (Å²) >= 11 is 3.46. The number of rotatable bonds is 3. The third kappa shape index (κ3) is 2.94. The van der Waals surface area contributed by atoms with Crippen LogP contribution < -0.4 is 4.72 Å². The minimum absolute atomic E-state index is 0.0382. The third-order valence-corrected chi connectivity index (χ3v) is 5.70. The summed E-state index contributed by atoms with van der Waals surface area (Å²) in [5.41, 5.74) is 1.70. The van der Waals surface area contributed by atoms with Crippen LogP contribution in [-0.2, 0) is 22.9 Å². The zero-order valence-corrected chi connectivity index (χ0v) is 13.9. The van der Waals surface area contributed by atoms with Crippen LogP contribution in [0.5, 0.6) is 0 Å². The van der Waals surface area contributed by atoms with E-state index < -0.39 is 16.5 Å². The van der Waals surface area contributed by atoms with Crippen molar-refractivity contribution in [1.29, 1.82) is 0 Å². The van der Waals surface area contributed by atoms with Crippen molar-refractivity contribution in [2.45, 2.75) is 43.9 Å². The van der Waals surface area contributed by atoms with Gasteiger partial charge in [0.15, 0.2) is 0 Å². The van der Waals surface area contributed by atoms with Crippen molar-refractivity contribution in [1.82, 2.24) is 4.72 Å². The van der Waals surface area contributed by atoms with Crippen LogP contribution in [0.25, 0.3) is 0 Å². The van der Waals surface area contributed by atoms with E-state index in [9.17, 15) is 9.32 Å². The molecule has 0 bridgehead atoms. The van der Waals surface area contributed by atoms with Gasteiger partial charge in [0.25, 0.3) is 0 Å². The summed E-state index contributed by atoms with van der Waals surface area (Å²) in [7, 11) is -1.20. The smallest absolute Gasteiger partial charge is 0.0979 e. The lowest BCUT2D eigenvalue weighted by Crippen LogP contribution is -2.49. The summed E-state index contributed by atoms with van der Waals surface area (Å²) in [6, 6.07) is 6.06. The highest BCUT2D eigenvalue weighted by Gasteiger charge is 2.41. The van der Waals surface area contributed by atoms with Gasteiger partial charge in [-0.3, -0.25) is 0 Å². The number of benzene rings is 1. The standard InChI is InChI=1S/C14H20BrNO2S/c1-13(2,3)19(18)16-14(9-17)7-6-10-8-11(15)4-5-12(10)14/h4-5,8,16-17H,6-7,9H2,1-3H3/t14-,19+/m0/s1. The van der Waals surface area contributed by atoms with Crippen LogP contribution in [0.3, 0.4) is 0 Å². The molecule has 2 atom stereocenters. The lowest BCUT2D eigenvalue weighted by Gasteiger charge is -2.32. The largest absolute Gasteiger partial charge is 0.394 e. The van der Waals surface area contributed by atoms with Crippen LogP contribution in [0.15, 0.2) is 22.7 Å². The lowest BCUT2D eigenvalue weighted by molar-refractivity contribution is 0.183. The van der Waals surface area contributed by atoms with E-state index in [0.717, 1.165) is 22.9 Å². The molecule has 1 aromatic rings. The quantitative estimate of drug-likeness (QED) is 0.884. The maximum Gasteiger partial charge on any atom is 0.0979 e. The molecule has 5 heteroatoms. The summed E-state index contributed by atoms with van der Waals surface area (Å²) in [5.74, 6) is 0. The van der Waals surface area contributed by atoms with Crippen molar-refractivity contribution in [3.63, 3.8) is 0 Å². The van der Waals surface area contributed by atoms with Crippen LogP contribution in [0.2, 0.25) is 0 Å². The average molecular weight is 346 g/mol. The Morgan fingerprint density at radius 3 is 2.74 bits per heavy atom. The molecule has 19 heavy (non-hydrogen) atoms. The molecule has 0 amide bonds. The van der Waals surface area contributed by atoms with Crippen molar-refractivity contribution in [3.05, 3.63) is 33.8 Å². The Hall–Kier alpha value is -0.230. The van der Waals surface area contributed by atoms with Crippen LogP contribution in [0, 0.1) is 0 Å². The van der Waals surface area contributed by atoms with E-state index in [1.165, 1.54) is 5.56 Å². The third-order valence-electron chi connectivity index (χ3n) is 3.52. The second-order valence-electron chi connectivity index (χ2n) is 6.02. The summed E-state index contributed by atoms with van der Waals surface area (Å²) in [4.78, 5) is 0. The Bertz CT molecular complexity index is 513. The molecule has 3 nitrogen and oxygen atoms in total. The van der Waals surface area contributed by atoms with E-state index in [1.807, 2.05) is 32.9 Å². The highest BCUT2D eigenvalue weighted by atomic mass is 79.9. The molecule has 0 radical (unpaired) electrons. The molecular formula is C14H20BrNO2S. The van der Waals surface area contributed by atoms with Crippen molar-refractivity contribution in [3.8, 4) is 0 Å². The second-order valence-corrected chi connectivity index (χ2v) is 8.91. The minimum Gasteiger partial charge on any atom is -0.394 e.